The van der Waals surface area contributed by atoms with Crippen LogP contribution in [-0.2, 0) is 15.1 Å². The number of rotatable bonds is 5. The molecule has 1 aromatic rings. The Kier molecular flexibility index (Phi) is 5.17. The molecule has 1 saturated heterocycles. The molecule has 0 radical (unpaired) electrons. The molecule has 0 unspecified atom stereocenters. The van der Waals surface area contributed by atoms with Crippen LogP contribution in [-0.4, -0.2) is 34.8 Å². The number of carbonyl (C=O) groups is 3. The fourth-order valence-corrected chi connectivity index (χ4v) is 4.00. The topological polar surface area (TPSA) is 102 Å². The normalized spacial score (nSPS) is 24.2. The molecule has 0 spiro atoms. The minimum atomic E-state index is -1.16. The molecule has 1 aliphatic carbocycles. The van der Waals surface area contributed by atoms with Crippen molar-refractivity contribution in [3.8, 4) is 6.07 Å². The van der Waals surface area contributed by atoms with Crippen LogP contribution in [0.1, 0.15) is 51.0 Å². The number of hydrogen-bond acceptors (Lipinski definition) is 4. The van der Waals surface area contributed by atoms with E-state index in [0.29, 0.717) is 24.8 Å². The minimum absolute atomic E-state index is 0.377. The average Bonchev–Trinajstić information content (AvgIpc) is 2.94. The van der Waals surface area contributed by atoms with Crippen molar-refractivity contribution in [3.05, 3.63) is 35.9 Å². The lowest BCUT2D eigenvalue weighted by Gasteiger charge is -2.32. The van der Waals surface area contributed by atoms with Gasteiger partial charge in [-0.1, -0.05) is 56.5 Å². The molecule has 2 fully saturated rings. The molecule has 0 aromatic heterocycles. The van der Waals surface area contributed by atoms with E-state index in [1.54, 1.807) is 24.3 Å². The average molecular weight is 368 g/mol. The van der Waals surface area contributed by atoms with Gasteiger partial charge in [-0.2, -0.15) is 5.26 Å². The van der Waals surface area contributed by atoms with Gasteiger partial charge in [-0.3, -0.25) is 14.5 Å². The third-order valence-corrected chi connectivity index (χ3v) is 5.57. The van der Waals surface area contributed by atoms with Gasteiger partial charge in [0, 0.05) is 0 Å². The first kappa shape index (κ1) is 18.9. The summed E-state index contributed by atoms with van der Waals surface area (Å²) in [7, 11) is 0. The maximum atomic E-state index is 13.0. The summed E-state index contributed by atoms with van der Waals surface area (Å²) in [6, 6.07) is 10.7. The molecule has 7 heteroatoms. The van der Waals surface area contributed by atoms with E-state index in [-0.39, 0.29) is 6.54 Å². The lowest BCUT2D eigenvalue weighted by Crippen LogP contribution is -2.52. The summed E-state index contributed by atoms with van der Waals surface area (Å²) in [5, 5.41) is 15.0. The molecule has 1 atom stereocenters. The van der Waals surface area contributed by atoms with Gasteiger partial charge in [0.05, 0.1) is 6.07 Å². The Hall–Kier alpha value is -2.88. The summed E-state index contributed by atoms with van der Waals surface area (Å²) in [4.78, 5) is 39.0. The Morgan fingerprint density at radius 1 is 1.22 bits per heavy atom. The number of amides is 4. The zero-order valence-electron chi connectivity index (χ0n) is 15.5. The van der Waals surface area contributed by atoms with Gasteiger partial charge in [0.15, 0.2) is 0 Å². The molecule has 1 aromatic carbocycles. The monoisotopic (exact) mass is 368 g/mol. The SMILES string of the molecule is CC[C@@]1(c2ccccc2)NC(=O)N(CC(=O)NC2(C#N)CCCCC2)C1=O. The Balaban J connectivity index is 1.76. The summed E-state index contributed by atoms with van der Waals surface area (Å²) in [5.41, 5.74) is -1.36. The maximum Gasteiger partial charge on any atom is 0.325 e. The lowest BCUT2D eigenvalue weighted by molar-refractivity contribution is -0.135. The number of benzene rings is 1. The number of carbonyl (C=O) groups excluding carboxylic acids is 3. The van der Waals surface area contributed by atoms with Crippen molar-refractivity contribution < 1.29 is 14.4 Å². The van der Waals surface area contributed by atoms with Gasteiger partial charge in [0.2, 0.25) is 5.91 Å². The van der Waals surface area contributed by atoms with Crippen molar-refractivity contribution in [1.82, 2.24) is 15.5 Å². The summed E-state index contributed by atoms with van der Waals surface area (Å²) < 4.78 is 0. The van der Waals surface area contributed by atoms with Gasteiger partial charge < -0.3 is 10.6 Å². The molecule has 1 saturated carbocycles. The molecule has 27 heavy (non-hydrogen) atoms. The summed E-state index contributed by atoms with van der Waals surface area (Å²) in [6.07, 6.45) is 4.37. The second-order valence-corrected chi connectivity index (χ2v) is 7.25. The molecule has 3 rings (SSSR count). The summed E-state index contributed by atoms with van der Waals surface area (Å²) >= 11 is 0. The molecular weight excluding hydrogens is 344 g/mol. The summed E-state index contributed by atoms with van der Waals surface area (Å²) in [5.74, 6) is -0.923. The van der Waals surface area contributed by atoms with Crippen LogP contribution in [0.2, 0.25) is 0 Å². The van der Waals surface area contributed by atoms with E-state index in [0.717, 1.165) is 24.2 Å². The highest BCUT2D eigenvalue weighted by Crippen LogP contribution is 2.32. The third kappa shape index (κ3) is 3.39. The maximum absolute atomic E-state index is 13.0. The van der Waals surface area contributed by atoms with Crippen molar-refractivity contribution in [2.45, 2.75) is 56.5 Å². The molecule has 2 aliphatic rings. The highest BCUT2D eigenvalue weighted by Gasteiger charge is 2.51. The number of urea groups is 1. The smallest absolute Gasteiger partial charge is 0.325 e. The first-order chi connectivity index (χ1) is 13.0. The van der Waals surface area contributed by atoms with Crippen molar-refractivity contribution in [2.24, 2.45) is 0 Å². The van der Waals surface area contributed by atoms with Crippen LogP contribution in [0.15, 0.2) is 30.3 Å². The molecule has 7 nitrogen and oxygen atoms in total. The predicted octanol–water partition coefficient (Wildman–Crippen LogP) is 2.19. The fraction of sp³-hybridized carbons (Fsp3) is 0.500. The predicted molar refractivity (Wildman–Crippen MR) is 98.2 cm³/mol. The van der Waals surface area contributed by atoms with Gasteiger partial charge in [-0.05, 0) is 24.8 Å². The highest BCUT2D eigenvalue weighted by atomic mass is 16.2. The van der Waals surface area contributed by atoms with E-state index < -0.39 is 28.9 Å². The second kappa shape index (κ2) is 7.39. The van der Waals surface area contributed by atoms with E-state index in [4.69, 9.17) is 0 Å². The Morgan fingerprint density at radius 3 is 2.48 bits per heavy atom. The largest absolute Gasteiger partial charge is 0.336 e. The standard InChI is InChI=1S/C20H24N4O3/c1-2-20(15-9-5-3-6-10-15)17(26)24(18(27)23-20)13-16(25)22-19(14-21)11-7-4-8-12-19/h3,5-6,9-10H,2,4,7-8,11-13H2,1H3,(H,22,25)(H,23,27)/t20-/m0/s1. The highest BCUT2D eigenvalue weighted by molar-refractivity contribution is 6.09. The second-order valence-electron chi connectivity index (χ2n) is 7.25. The van der Waals surface area contributed by atoms with E-state index in [1.807, 2.05) is 13.0 Å². The van der Waals surface area contributed by atoms with Crippen molar-refractivity contribution in [3.63, 3.8) is 0 Å². The molecule has 1 heterocycles. The number of nitriles is 1. The van der Waals surface area contributed by atoms with E-state index in [1.165, 1.54) is 0 Å². The number of imide groups is 1. The zero-order valence-corrected chi connectivity index (χ0v) is 15.5. The van der Waals surface area contributed by atoms with Crippen LogP contribution >= 0.6 is 0 Å². The first-order valence-corrected chi connectivity index (χ1v) is 9.38. The Morgan fingerprint density at radius 2 is 1.89 bits per heavy atom. The van der Waals surface area contributed by atoms with Crippen molar-refractivity contribution >= 4 is 17.8 Å². The number of nitrogens with zero attached hydrogens (tertiary/aromatic N) is 2. The number of nitrogens with one attached hydrogen (secondary N) is 2. The van der Waals surface area contributed by atoms with E-state index in [2.05, 4.69) is 16.7 Å². The van der Waals surface area contributed by atoms with Gasteiger partial charge in [0.25, 0.3) is 5.91 Å². The molecule has 4 amide bonds. The van der Waals surface area contributed by atoms with Crippen LogP contribution in [0.3, 0.4) is 0 Å². The van der Waals surface area contributed by atoms with Crippen LogP contribution < -0.4 is 10.6 Å². The number of hydrogen-bond donors (Lipinski definition) is 2. The summed E-state index contributed by atoms with van der Waals surface area (Å²) in [6.45, 7) is 1.43. The van der Waals surface area contributed by atoms with Crippen LogP contribution in [0.4, 0.5) is 4.79 Å². The van der Waals surface area contributed by atoms with Crippen LogP contribution in [0.25, 0.3) is 0 Å². The van der Waals surface area contributed by atoms with Crippen molar-refractivity contribution in [2.75, 3.05) is 6.54 Å². The van der Waals surface area contributed by atoms with Crippen molar-refractivity contribution in [1.29, 1.82) is 5.26 Å². The van der Waals surface area contributed by atoms with Gasteiger partial charge in [-0.15, -0.1) is 0 Å². The van der Waals surface area contributed by atoms with Crippen LogP contribution in [0, 0.1) is 11.3 Å². The molecule has 2 N–H and O–H groups in total. The van der Waals surface area contributed by atoms with Gasteiger partial charge in [0.1, 0.15) is 17.6 Å². The molecule has 1 aliphatic heterocycles. The minimum Gasteiger partial charge on any atom is -0.336 e. The lowest BCUT2D eigenvalue weighted by atomic mass is 9.83. The van der Waals surface area contributed by atoms with Gasteiger partial charge >= 0.3 is 6.03 Å². The van der Waals surface area contributed by atoms with Gasteiger partial charge in [-0.25, -0.2) is 4.79 Å². The Labute approximate surface area is 158 Å². The van der Waals surface area contributed by atoms with E-state index >= 15 is 0 Å². The fourth-order valence-electron chi connectivity index (χ4n) is 4.00. The third-order valence-electron chi connectivity index (χ3n) is 5.57. The quantitative estimate of drug-likeness (QED) is 0.778. The van der Waals surface area contributed by atoms with Crippen LogP contribution in [0.5, 0.6) is 0 Å². The molecule has 0 bridgehead atoms. The zero-order chi connectivity index (χ0) is 19.5. The first-order valence-electron chi connectivity index (χ1n) is 9.38. The molecule has 142 valence electrons. The Bertz CT molecular complexity index is 780. The molecular formula is C20H24N4O3. The van der Waals surface area contributed by atoms with E-state index in [9.17, 15) is 19.6 Å².